The quantitative estimate of drug-likeness (QED) is 0.280. The molecule has 0 saturated carbocycles. The summed E-state index contributed by atoms with van der Waals surface area (Å²) in [6.07, 6.45) is 3.81. The molecule has 0 unspecified atom stereocenters. The number of imide groups is 1. The van der Waals surface area contributed by atoms with Crippen LogP contribution in [0.5, 0.6) is 17.2 Å². The zero-order valence-corrected chi connectivity index (χ0v) is 22.6. The molecule has 2 saturated heterocycles. The molecule has 4 atom stereocenters. The van der Waals surface area contributed by atoms with E-state index in [1.165, 1.54) is 33.3 Å². The van der Waals surface area contributed by atoms with Crippen LogP contribution in [0.3, 0.4) is 0 Å². The summed E-state index contributed by atoms with van der Waals surface area (Å²) in [7, 11) is 3.02. The Morgan fingerprint density at radius 2 is 1.56 bits per heavy atom. The van der Waals surface area contributed by atoms with Crippen molar-refractivity contribution in [1.29, 1.82) is 0 Å². The normalized spacial score (nSPS) is 22.1. The predicted octanol–water partition coefficient (Wildman–Crippen LogP) is 3.66. The Hall–Kier alpha value is -5.12. The molecule has 0 aliphatic carbocycles. The van der Waals surface area contributed by atoms with Gasteiger partial charge < -0.3 is 24.4 Å². The SMILES string of the molecule is COc1ccc(OC)c(NC(=O)[C@@H]2[C@@H]3C(=O)N(c4ccc(OC(C)=O)cc4)C(=O)[C@@H]3[C@@H]3C=Cc4ccccc4N23)c1. The molecule has 0 aromatic heterocycles. The van der Waals surface area contributed by atoms with Crippen LogP contribution in [0.15, 0.2) is 72.8 Å². The van der Waals surface area contributed by atoms with Gasteiger partial charge in [-0.2, -0.15) is 0 Å². The Morgan fingerprint density at radius 1 is 0.854 bits per heavy atom. The van der Waals surface area contributed by atoms with Crippen LogP contribution in [0.25, 0.3) is 6.08 Å². The lowest BCUT2D eigenvalue weighted by molar-refractivity contribution is -0.132. The zero-order chi connectivity index (χ0) is 28.8. The highest BCUT2D eigenvalue weighted by atomic mass is 16.5. The standard InChI is InChI=1S/C31H27N3O7/c1-17(35)41-20-11-9-19(10-12-20)33-30(37)26-24-14-8-18-6-4-5-7-23(18)34(24)28(27(26)31(33)38)29(36)32-22-16-21(39-2)13-15-25(22)40-3/h4-16,24,26-28H,1-3H3,(H,32,36)/t24-,26+,27+,28-/m0/s1. The number of para-hydroxylation sites is 1. The molecule has 0 bridgehead atoms. The van der Waals surface area contributed by atoms with Gasteiger partial charge in [0.1, 0.15) is 23.3 Å². The zero-order valence-electron chi connectivity index (χ0n) is 22.6. The van der Waals surface area contributed by atoms with Gasteiger partial charge in [-0.1, -0.05) is 30.4 Å². The minimum atomic E-state index is -0.992. The van der Waals surface area contributed by atoms with Crippen LogP contribution < -0.4 is 29.3 Å². The number of amides is 3. The Bertz CT molecular complexity index is 1600. The van der Waals surface area contributed by atoms with Crippen molar-refractivity contribution < 1.29 is 33.4 Å². The van der Waals surface area contributed by atoms with Crippen molar-refractivity contribution in [3.63, 3.8) is 0 Å². The third-order valence-corrected chi connectivity index (χ3v) is 7.70. The Labute approximate surface area is 236 Å². The summed E-state index contributed by atoms with van der Waals surface area (Å²) in [4.78, 5) is 56.4. The first-order valence-corrected chi connectivity index (χ1v) is 13.1. The number of carbonyl (C=O) groups is 4. The third-order valence-electron chi connectivity index (χ3n) is 7.70. The Morgan fingerprint density at radius 3 is 2.27 bits per heavy atom. The lowest BCUT2D eigenvalue weighted by Gasteiger charge is -2.36. The van der Waals surface area contributed by atoms with Crippen LogP contribution >= 0.6 is 0 Å². The summed E-state index contributed by atoms with van der Waals surface area (Å²) in [5.41, 5.74) is 2.38. The van der Waals surface area contributed by atoms with Gasteiger partial charge in [-0.15, -0.1) is 0 Å². The maximum Gasteiger partial charge on any atom is 0.308 e. The van der Waals surface area contributed by atoms with Crippen molar-refractivity contribution in [3.05, 3.63) is 78.4 Å². The van der Waals surface area contributed by atoms with E-state index in [1.807, 2.05) is 41.3 Å². The van der Waals surface area contributed by atoms with Gasteiger partial charge in [-0.25, -0.2) is 4.90 Å². The highest BCUT2D eigenvalue weighted by Gasteiger charge is 2.64. The van der Waals surface area contributed by atoms with Crippen LogP contribution in [0.4, 0.5) is 17.1 Å². The second kappa shape index (κ2) is 10.1. The largest absolute Gasteiger partial charge is 0.497 e. The topological polar surface area (TPSA) is 114 Å². The van der Waals surface area contributed by atoms with E-state index in [0.717, 1.165) is 16.2 Å². The summed E-state index contributed by atoms with van der Waals surface area (Å²) in [6, 6.07) is 17.3. The van der Waals surface area contributed by atoms with E-state index in [0.29, 0.717) is 28.6 Å². The minimum absolute atomic E-state index is 0.294. The number of benzene rings is 3. The fraction of sp³-hybridized carbons (Fsp3) is 0.226. The average molecular weight is 554 g/mol. The number of ether oxygens (including phenoxy) is 3. The molecular formula is C31H27N3O7. The van der Waals surface area contributed by atoms with E-state index < -0.39 is 47.6 Å². The summed E-state index contributed by atoms with van der Waals surface area (Å²) >= 11 is 0. The first-order chi connectivity index (χ1) is 19.8. The highest BCUT2D eigenvalue weighted by molar-refractivity contribution is 6.25. The minimum Gasteiger partial charge on any atom is -0.497 e. The van der Waals surface area contributed by atoms with Crippen LogP contribution in [0.1, 0.15) is 12.5 Å². The monoisotopic (exact) mass is 553 g/mol. The Kier molecular flexibility index (Phi) is 6.45. The molecule has 3 heterocycles. The molecule has 3 aliphatic rings. The molecule has 10 nitrogen and oxygen atoms in total. The summed E-state index contributed by atoms with van der Waals surface area (Å²) in [5, 5.41) is 2.93. The van der Waals surface area contributed by atoms with Crippen molar-refractivity contribution in [1.82, 2.24) is 0 Å². The van der Waals surface area contributed by atoms with Gasteiger partial charge in [-0.05, 0) is 48.0 Å². The molecule has 208 valence electrons. The highest BCUT2D eigenvalue weighted by Crippen LogP contribution is 2.49. The summed E-state index contributed by atoms with van der Waals surface area (Å²) in [6.45, 7) is 1.29. The maximum atomic E-state index is 14.1. The lowest BCUT2D eigenvalue weighted by Crippen LogP contribution is -2.50. The number of rotatable bonds is 6. The number of carbonyl (C=O) groups excluding carboxylic acids is 4. The second-order valence-electron chi connectivity index (χ2n) is 9.97. The third kappa shape index (κ3) is 4.28. The predicted molar refractivity (Wildman–Crippen MR) is 151 cm³/mol. The number of hydrogen-bond acceptors (Lipinski definition) is 8. The smallest absolute Gasteiger partial charge is 0.308 e. The maximum absolute atomic E-state index is 14.1. The number of fused-ring (bicyclic) bond motifs is 5. The molecule has 41 heavy (non-hydrogen) atoms. The molecule has 0 spiro atoms. The first-order valence-electron chi connectivity index (χ1n) is 13.1. The number of nitrogens with zero attached hydrogens (tertiary/aromatic N) is 2. The van der Waals surface area contributed by atoms with Crippen LogP contribution in [0.2, 0.25) is 0 Å². The van der Waals surface area contributed by atoms with Gasteiger partial charge >= 0.3 is 5.97 Å². The van der Waals surface area contributed by atoms with Gasteiger partial charge in [0.25, 0.3) is 0 Å². The van der Waals surface area contributed by atoms with Crippen LogP contribution in [-0.4, -0.2) is 50.0 Å². The van der Waals surface area contributed by atoms with Gasteiger partial charge in [0, 0.05) is 18.7 Å². The molecule has 10 heteroatoms. The van der Waals surface area contributed by atoms with Crippen molar-refractivity contribution >= 4 is 46.8 Å². The first kappa shape index (κ1) is 26.1. The van der Waals surface area contributed by atoms with Gasteiger partial charge in [0.2, 0.25) is 17.7 Å². The van der Waals surface area contributed by atoms with Gasteiger partial charge in [0.15, 0.2) is 0 Å². The van der Waals surface area contributed by atoms with E-state index in [2.05, 4.69) is 5.32 Å². The number of methoxy groups -OCH3 is 2. The van der Waals surface area contributed by atoms with Crippen molar-refractivity contribution in [2.24, 2.45) is 11.8 Å². The number of anilines is 3. The molecule has 3 aromatic rings. The molecule has 1 N–H and O–H groups in total. The van der Waals surface area contributed by atoms with Gasteiger partial charge in [-0.3, -0.25) is 19.2 Å². The van der Waals surface area contributed by atoms with Crippen LogP contribution in [0, 0.1) is 11.8 Å². The van der Waals surface area contributed by atoms with E-state index in [4.69, 9.17) is 14.2 Å². The fourth-order valence-electron chi connectivity index (χ4n) is 6.02. The second-order valence-corrected chi connectivity index (χ2v) is 9.97. The fourth-order valence-corrected chi connectivity index (χ4v) is 6.02. The summed E-state index contributed by atoms with van der Waals surface area (Å²) in [5.74, 6) is -2.30. The summed E-state index contributed by atoms with van der Waals surface area (Å²) < 4.78 is 15.9. The van der Waals surface area contributed by atoms with Crippen molar-refractivity contribution in [3.8, 4) is 17.2 Å². The molecule has 0 radical (unpaired) electrons. The van der Waals surface area contributed by atoms with Crippen molar-refractivity contribution in [2.75, 3.05) is 29.3 Å². The molecule has 3 amide bonds. The van der Waals surface area contributed by atoms with Crippen molar-refractivity contribution in [2.45, 2.75) is 19.0 Å². The number of esters is 1. The molecule has 2 fully saturated rings. The Balaban J connectivity index is 1.40. The van der Waals surface area contributed by atoms with E-state index in [1.54, 1.807) is 30.3 Å². The lowest BCUT2D eigenvalue weighted by atomic mass is 9.88. The molecular weight excluding hydrogens is 526 g/mol. The van der Waals surface area contributed by atoms with E-state index in [-0.39, 0.29) is 0 Å². The van der Waals surface area contributed by atoms with Crippen LogP contribution in [-0.2, 0) is 19.2 Å². The van der Waals surface area contributed by atoms with E-state index in [9.17, 15) is 19.2 Å². The van der Waals surface area contributed by atoms with Gasteiger partial charge in [0.05, 0.1) is 43.5 Å². The number of hydrogen-bond donors (Lipinski definition) is 1. The van der Waals surface area contributed by atoms with E-state index >= 15 is 0 Å². The molecule has 6 rings (SSSR count). The molecule has 3 aromatic carbocycles. The number of nitrogens with one attached hydrogen (secondary N) is 1. The molecule has 3 aliphatic heterocycles. The average Bonchev–Trinajstić information content (AvgIpc) is 3.45.